The summed E-state index contributed by atoms with van der Waals surface area (Å²) in [6.45, 7) is 4.26. The highest BCUT2D eigenvalue weighted by Gasteiger charge is 2.25. The lowest BCUT2D eigenvalue weighted by molar-refractivity contribution is 0.102. The monoisotopic (exact) mass is 393 g/mol. The lowest BCUT2D eigenvalue weighted by atomic mass is 9.86. The van der Waals surface area contributed by atoms with Gasteiger partial charge in [0, 0.05) is 34.4 Å². The number of hydrogen-bond acceptors (Lipinski definition) is 2. The summed E-state index contributed by atoms with van der Waals surface area (Å²) in [5.74, 6) is 0.0768. The van der Waals surface area contributed by atoms with Crippen LogP contribution in [0.2, 0.25) is 0 Å². The number of nitrogens with zero attached hydrogens (tertiary/aromatic N) is 1. The Morgan fingerprint density at radius 3 is 2.72 bits per heavy atom. The lowest BCUT2D eigenvalue weighted by Crippen LogP contribution is -2.25. The third-order valence-electron chi connectivity index (χ3n) is 5.87. The van der Waals surface area contributed by atoms with E-state index in [1.165, 1.54) is 52.8 Å². The Kier molecular flexibility index (Phi) is 5.67. The van der Waals surface area contributed by atoms with Crippen molar-refractivity contribution in [2.24, 2.45) is 5.92 Å². The Balaban J connectivity index is 1.68. The van der Waals surface area contributed by atoms with Crippen molar-refractivity contribution in [2.45, 2.75) is 39.2 Å². The first-order valence-electron chi connectivity index (χ1n) is 10.5. The minimum Gasteiger partial charge on any atom is -0.344 e. The van der Waals surface area contributed by atoms with E-state index in [0.717, 1.165) is 38.0 Å². The molecule has 2 aromatic carbocycles. The Morgan fingerprint density at radius 1 is 1.21 bits per heavy atom. The van der Waals surface area contributed by atoms with Gasteiger partial charge in [-0.25, -0.2) is 4.39 Å². The number of carbonyl (C=O) groups is 1. The van der Waals surface area contributed by atoms with Gasteiger partial charge in [0.25, 0.3) is 5.91 Å². The second-order valence-electron chi connectivity index (χ2n) is 7.94. The molecular weight excluding hydrogens is 365 g/mol. The molecule has 1 aromatic heterocycles. The van der Waals surface area contributed by atoms with Gasteiger partial charge in [0.15, 0.2) is 0 Å². The fraction of sp³-hybridized carbons (Fsp3) is 0.375. The lowest BCUT2D eigenvalue weighted by Gasteiger charge is -2.23. The van der Waals surface area contributed by atoms with E-state index < -0.39 is 0 Å². The van der Waals surface area contributed by atoms with E-state index in [9.17, 15) is 9.18 Å². The predicted octanol–water partition coefficient (Wildman–Crippen LogP) is 4.77. The van der Waals surface area contributed by atoms with Crippen LogP contribution in [0.1, 0.15) is 41.4 Å². The summed E-state index contributed by atoms with van der Waals surface area (Å²) in [5, 5.41) is 7.53. The second kappa shape index (κ2) is 8.37. The molecule has 1 aliphatic carbocycles. The van der Waals surface area contributed by atoms with E-state index in [2.05, 4.69) is 34.3 Å². The summed E-state index contributed by atoms with van der Waals surface area (Å²) in [5.41, 5.74) is 5.36. The van der Waals surface area contributed by atoms with Crippen LogP contribution in [0.5, 0.6) is 0 Å². The summed E-state index contributed by atoms with van der Waals surface area (Å²) in [6, 6.07) is 11.8. The Bertz CT molecular complexity index is 1020. The highest BCUT2D eigenvalue weighted by Crippen LogP contribution is 2.36. The van der Waals surface area contributed by atoms with E-state index in [1.54, 1.807) is 0 Å². The fourth-order valence-electron chi connectivity index (χ4n) is 4.55. The zero-order valence-electron chi connectivity index (χ0n) is 17.1. The van der Waals surface area contributed by atoms with Crippen molar-refractivity contribution in [2.75, 3.05) is 18.9 Å². The maximum Gasteiger partial charge on any atom is 0.255 e. The topological polar surface area (TPSA) is 46.1 Å². The van der Waals surface area contributed by atoms with E-state index >= 15 is 0 Å². The molecule has 152 valence electrons. The fourth-order valence-corrected chi connectivity index (χ4v) is 4.55. The van der Waals surface area contributed by atoms with Crippen molar-refractivity contribution in [1.82, 2.24) is 9.88 Å². The molecule has 0 aliphatic heterocycles. The molecule has 29 heavy (non-hydrogen) atoms. The molecule has 0 fully saturated rings. The molecule has 1 unspecified atom stereocenters. The van der Waals surface area contributed by atoms with Gasteiger partial charge in [-0.15, -0.1) is 0 Å². The number of carbonyl (C=O) groups excluding carboxylic acids is 1. The van der Waals surface area contributed by atoms with Gasteiger partial charge in [-0.05, 0) is 93.2 Å². The highest BCUT2D eigenvalue weighted by molar-refractivity contribution is 6.05. The molecule has 4 nitrogen and oxygen atoms in total. The molecule has 3 aromatic rings. The number of rotatable bonds is 6. The van der Waals surface area contributed by atoms with Gasteiger partial charge < -0.3 is 15.2 Å². The van der Waals surface area contributed by atoms with E-state index in [4.69, 9.17) is 0 Å². The summed E-state index contributed by atoms with van der Waals surface area (Å²) in [7, 11) is 2.01. The molecule has 0 saturated carbocycles. The minimum absolute atomic E-state index is 0.223. The normalized spacial score (nSPS) is 16.0. The maximum absolute atomic E-state index is 13.1. The van der Waals surface area contributed by atoms with Gasteiger partial charge in [0.2, 0.25) is 0 Å². The van der Waals surface area contributed by atoms with Gasteiger partial charge in [-0.3, -0.25) is 4.79 Å². The molecular formula is C24H28FN3O. The number of aromatic nitrogens is 1. The molecule has 0 spiro atoms. The van der Waals surface area contributed by atoms with Crippen molar-refractivity contribution in [3.63, 3.8) is 0 Å². The van der Waals surface area contributed by atoms with Crippen LogP contribution < -0.4 is 10.6 Å². The molecule has 5 heteroatoms. The van der Waals surface area contributed by atoms with Crippen LogP contribution in [-0.4, -0.2) is 24.1 Å². The number of halogens is 1. The van der Waals surface area contributed by atoms with E-state index in [0.29, 0.717) is 11.5 Å². The standard InChI is InChI=1S/C24H28FN3O/c1-3-12-28-22-10-4-16(15-26-2)13-20(22)21-14-19(9-11-23(21)28)27-24(29)17-5-7-18(25)8-6-17/h5-9,11,14,16,26H,3-4,10,12-13,15H2,1-2H3,(H,27,29). The zero-order valence-corrected chi connectivity index (χ0v) is 17.1. The number of fused-ring (bicyclic) bond motifs is 3. The summed E-state index contributed by atoms with van der Waals surface area (Å²) < 4.78 is 15.6. The van der Waals surface area contributed by atoms with Crippen molar-refractivity contribution in [1.29, 1.82) is 0 Å². The molecule has 1 aliphatic rings. The number of benzene rings is 2. The Morgan fingerprint density at radius 2 is 2.00 bits per heavy atom. The zero-order chi connectivity index (χ0) is 20.4. The number of nitrogens with one attached hydrogen (secondary N) is 2. The van der Waals surface area contributed by atoms with Gasteiger partial charge in [-0.2, -0.15) is 0 Å². The number of anilines is 1. The Labute approximate surface area is 171 Å². The first kappa shape index (κ1) is 19.6. The average Bonchev–Trinajstić information content (AvgIpc) is 3.02. The van der Waals surface area contributed by atoms with Crippen LogP contribution in [-0.2, 0) is 19.4 Å². The maximum atomic E-state index is 13.1. The summed E-state index contributed by atoms with van der Waals surface area (Å²) in [6.07, 6.45) is 4.48. The van der Waals surface area contributed by atoms with Crippen molar-refractivity contribution >= 4 is 22.5 Å². The van der Waals surface area contributed by atoms with Gasteiger partial charge >= 0.3 is 0 Å². The Hall–Kier alpha value is -2.66. The first-order chi connectivity index (χ1) is 14.1. The molecule has 0 saturated heterocycles. The molecule has 1 atom stereocenters. The van der Waals surface area contributed by atoms with Crippen LogP contribution in [0.25, 0.3) is 10.9 Å². The van der Waals surface area contributed by atoms with Crippen molar-refractivity contribution in [3.05, 3.63) is 65.1 Å². The summed E-state index contributed by atoms with van der Waals surface area (Å²) in [4.78, 5) is 12.5. The smallest absolute Gasteiger partial charge is 0.255 e. The molecule has 2 N–H and O–H groups in total. The largest absolute Gasteiger partial charge is 0.344 e. The minimum atomic E-state index is -0.344. The SMILES string of the molecule is CCCn1c2c(c3cc(NC(=O)c4ccc(F)cc4)ccc31)CC(CNC)CC2. The molecule has 1 amide bonds. The summed E-state index contributed by atoms with van der Waals surface area (Å²) >= 11 is 0. The van der Waals surface area contributed by atoms with E-state index in [-0.39, 0.29) is 11.7 Å². The van der Waals surface area contributed by atoms with Crippen LogP contribution in [0.15, 0.2) is 42.5 Å². The van der Waals surface area contributed by atoms with Crippen molar-refractivity contribution < 1.29 is 9.18 Å². The van der Waals surface area contributed by atoms with Crippen LogP contribution in [0, 0.1) is 11.7 Å². The number of amides is 1. The molecule has 1 heterocycles. The van der Waals surface area contributed by atoms with Gasteiger partial charge in [0.1, 0.15) is 5.82 Å². The number of hydrogen-bond donors (Lipinski definition) is 2. The van der Waals surface area contributed by atoms with E-state index in [1.807, 2.05) is 13.1 Å². The van der Waals surface area contributed by atoms with Crippen LogP contribution in [0.4, 0.5) is 10.1 Å². The quantitative estimate of drug-likeness (QED) is 0.634. The highest BCUT2D eigenvalue weighted by atomic mass is 19.1. The predicted molar refractivity (Wildman–Crippen MR) is 116 cm³/mol. The molecule has 0 radical (unpaired) electrons. The van der Waals surface area contributed by atoms with Crippen LogP contribution >= 0.6 is 0 Å². The second-order valence-corrected chi connectivity index (χ2v) is 7.94. The molecule has 4 rings (SSSR count). The average molecular weight is 394 g/mol. The first-order valence-corrected chi connectivity index (χ1v) is 10.5. The molecule has 0 bridgehead atoms. The third kappa shape index (κ3) is 3.92. The number of aryl methyl sites for hydroxylation is 1. The van der Waals surface area contributed by atoms with Crippen molar-refractivity contribution in [3.8, 4) is 0 Å². The third-order valence-corrected chi connectivity index (χ3v) is 5.87. The van der Waals surface area contributed by atoms with Crippen LogP contribution in [0.3, 0.4) is 0 Å². The van der Waals surface area contributed by atoms with Gasteiger partial charge in [0.05, 0.1) is 0 Å². The van der Waals surface area contributed by atoms with Gasteiger partial charge in [-0.1, -0.05) is 6.92 Å².